The molecule has 3 aliphatic heterocycles. The summed E-state index contributed by atoms with van der Waals surface area (Å²) in [5, 5.41) is 73.8. The highest BCUT2D eigenvalue weighted by atomic mass is 32.1. The van der Waals surface area contributed by atoms with E-state index in [9.17, 15) is 45.3 Å². The van der Waals surface area contributed by atoms with Crippen LogP contribution in [-0.2, 0) is 29.4 Å². The van der Waals surface area contributed by atoms with Crippen molar-refractivity contribution in [3.8, 4) is 0 Å². The second kappa shape index (κ2) is 10.8. The summed E-state index contributed by atoms with van der Waals surface area (Å²) in [6.45, 7) is -0.137. The first-order chi connectivity index (χ1) is 17.5. The quantitative estimate of drug-likeness (QED) is 0.123. The van der Waals surface area contributed by atoms with Crippen LogP contribution < -0.4 is 5.06 Å². The maximum atomic E-state index is 12.7. The number of para-hydroxylation sites is 1. The molecular weight excluding hydrogens is 518 g/mol. The Kier molecular flexibility index (Phi) is 8.25. The molecule has 10 atom stereocenters. The number of Topliss-reactive ketones (excluding diaryl/α,β-unsaturated/α-hetero) is 1. The van der Waals surface area contributed by atoms with Gasteiger partial charge in [0.05, 0.1) is 31.1 Å². The zero-order valence-electron chi connectivity index (χ0n) is 19.5. The van der Waals surface area contributed by atoms with Gasteiger partial charge in [-0.2, -0.15) is 5.06 Å². The zero-order valence-corrected chi connectivity index (χ0v) is 20.4. The van der Waals surface area contributed by atoms with Crippen molar-refractivity contribution in [3.63, 3.8) is 0 Å². The number of nitrogens with zero attached hydrogens (tertiary/aromatic N) is 1. The highest BCUT2D eigenvalue weighted by Crippen LogP contribution is 2.49. The number of aliphatic hydroxyl groups is 7. The number of carbonyl (C=O) groups excluding carboxylic acids is 2. The minimum atomic E-state index is -2.38. The Hall–Kier alpha value is -1.73. The van der Waals surface area contributed by atoms with Crippen molar-refractivity contribution in [3.05, 3.63) is 29.3 Å². The van der Waals surface area contributed by atoms with Crippen LogP contribution in [0.15, 0.2) is 18.2 Å². The number of thiol groups is 1. The number of carbonyl (C=O) groups is 2. The van der Waals surface area contributed by atoms with Gasteiger partial charge in [0.2, 0.25) is 0 Å². The van der Waals surface area contributed by atoms with Crippen molar-refractivity contribution in [1.82, 2.24) is 0 Å². The van der Waals surface area contributed by atoms with Crippen molar-refractivity contribution >= 4 is 30.0 Å². The number of anilines is 1. The molecule has 0 unspecified atom stereocenters. The number of ether oxygens (including phenoxy) is 3. The highest BCUT2D eigenvalue weighted by molar-refractivity contribution is 7.80. The highest BCUT2D eigenvalue weighted by Gasteiger charge is 2.62. The molecule has 3 aliphatic rings. The van der Waals surface area contributed by atoms with Crippen LogP contribution in [0.1, 0.15) is 22.8 Å². The van der Waals surface area contributed by atoms with Gasteiger partial charge in [-0.05, 0) is 13.0 Å². The van der Waals surface area contributed by atoms with Crippen LogP contribution in [0.3, 0.4) is 0 Å². The van der Waals surface area contributed by atoms with Crippen LogP contribution in [0.5, 0.6) is 0 Å². The summed E-state index contributed by atoms with van der Waals surface area (Å²) in [4.78, 5) is 30.8. The Morgan fingerprint density at radius 1 is 1.00 bits per heavy atom. The number of hydrogen-bond acceptors (Lipinski definition) is 14. The minimum absolute atomic E-state index is 0.0445. The maximum absolute atomic E-state index is 12.7. The van der Waals surface area contributed by atoms with Crippen LogP contribution in [0.25, 0.3) is 0 Å². The lowest BCUT2D eigenvalue weighted by Crippen LogP contribution is -2.68. The summed E-state index contributed by atoms with van der Waals surface area (Å²) in [5.41, 5.74) is -4.18. The van der Waals surface area contributed by atoms with Gasteiger partial charge >= 0.3 is 5.91 Å². The van der Waals surface area contributed by atoms with E-state index in [4.69, 9.17) is 19.0 Å². The fraction of sp³-hybridized carbons (Fsp3) is 0.636. The summed E-state index contributed by atoms with van der Waals surface area (Å²) in [5.74, 6) is -1.99. The Balaban J connectivity index is 1.93. The van der Waals surface area contributed by atoms with Crippen LogP contribution in [0, 0.1) is 0 Å². The molecular formula is C22H29NO13S. The largest absolute Gasteiger partial charge is 0.394 e. The molecule has 7 N–H and O–H groups in total. The molecule has 0 aromatic heterocycles. The van der Waals surface area contributed by atoms with Gasteiger partial charge in [-0.1, -0.05) is 12.1 Å². The van der Waals surface area contributed by atoms with Gasteiger partial charge in [-0.15, -0.1) is 12.6 Å². The first kappa shape index (κ1) is 28.3. The van der Waals surface area contributed by atoms with Gasteiger partial charge in [0.25, 0.3) is 5.78 Å². The summed E-state index contributed by atoms with van der Waals surface area (Å²) >= 11 is 4.09. The lowest BCUT2D eigenvalue weighted by Gasteiger charge is -2.53. The molecule has 0 bridgehead atoms. The molecule has 0 radical (unpaired) electrons. The Bertz CT molecular complexity index is 1020. The van der Waals surface area contributed by atoms with E-state index in [1.54, 1.807) is 6.92 Å². The number of aliphatic hydroxyl groups excluding tert-OH is 7. The second-order valence-electron chi connectivity index (χ2n) is 8.79. The van der Waals surface area contributed by atoms with E-state index >= 15 is 0 Å². The average Bonchev–Trinajstić information content (AvgIpc) is 3.14. The maximum Gasteiger partial charge on any atom is 0.323 e. The lowest BCUT2D eigenvalue weighted by molar-refractivity contribution is -0.373. The Morgan fingerprint density at radius 2 is 1.70 bits per heavy atom. The van der Waals surface area contributed by atoms with E-state index in [2.05, 4.69) is 12.6 Å². The SMILES string of the molecule is CCON1C(=O)C(=O)c2cccc([C@]3(O[C@H]4O[C@H](CO)[C@@H](O)[C@H](O)[C@H]4O)[C@H](O)[C@@H](O)[C@H](S)O[C@@H]3CO)c21. The van der Waals surface area contributed by atoms with Crippen LogP contribution in [0.2, 0.25) is 0 Å². The normalized spacial score (nSPS) is 40.2. The molecule has 15 heteroatoms. The van der Waals surface area contributed by atoms with Gasteiger partial charge in [-0.3, -0.25) is 14.4 Å². The monoisotopic (exact) mass is 547 g/mol. The number of hydroxylamine groups is 1. The fourth-order valence-corrected chi connectivity index (χ4v) is 5.16. The van der Waals surface area contributed by atoms with E-state index < -0.39 is 85.0 Å². The number of benzene rings is 1. The molecule has 37 heavy (non-hydrogen) atoms. The molecule has 0 saturated carbocycles. The number of rotatable bonds is 7. The van der Waals surface area contributed by atoms with Crippen molar-refractivity contribution in [1.29, 1.82) is 0 Å². The van der Waals surface area contributed by atoms with Gasteiger partial charge in [0.1, 0.15) is 48.2 Å². The van der Waals surface area contributed by atoms with Gasteiger partial charge < -0.3 is 50.0 Å². The Labute approximate surface area is 215 Å². The predicted octanol–water partition coefficient (Wildman–Crippen LogP) is -3.45. The van der Waals surface area contributed by atoms with E-state index in [-0.39, 0.29) is 23.4 Å². The van der Waals surface area contributed by atoms with Crippen molar-refractivity contribution in [2.45, 2.75) is 67.0 Å². The predicted molar refractivity (Wildman–Crippen MR) is 123 cm³/mol. The molecule has 3 heterocycles. The second-order valence-corrected chi connectivity index (χ2v) is 9.30. The zero-order chi connectivity index (χ0) is 27.2. The first-order valence-electron chi connectivity index (χ1n) is 11.5. The van der Waals surface area contributed by atoms with Gasteiger partial charge in [0.15, 0.2) is 11.9 Å². The molecule has 2 fully saturated rings. The third kappa shape index (κ3) is 4.38. The molecule has 1 amide bonds. The first-order valence-corrected chi connectivity index (χ1v) is 12.0. The third-order valence-electron chi connectivity index (χ3n) is 6.70. The van der Waals surface area contributed by atoms with Crippen molar-refractivity contribution in [2.75, 3.05) is 24.9 Å². The third-order valence-corrected chi connectivity index (χ3v) is 7.13. The van der Waals surface area contributed by atoms with E-state index in [1.165, 1.54) is 18.2 Å². The molecule has 2 saturated heterocycles. The van der Waals surface area contributed by atoms with E-state index in [0.717, 1.165) is 0 Å². The molecule has 4 rings (SSSR count). The smallest absolute Gasteiger partial charge is 0.323 e. The van der Waals surface area contributed by atoms with Gasteiger partial charge in [-0.25, -0.2) is 0 Å². The summed E-state index contributed by atoms with van der Waals surface area (Å²) in [6, 6.07) is 4.00. The Morgan fingerprint density at radius 3 is 2.32 bits per heavy atom. The summed E-state index contributed by atoms with van der Waals surface area (Å²) in [6.07, 6.45) is -14.1. The number of hydrogen-bond donors (Lipinski definition) is 8. The van der Waals surface area contributed by atoms with Crippen LogP contribution >= 0.6 is 12.6 Å². The average molecular weight is 548 g/mol. The standard InChI is InChI=1S/C22H29NO13S/c1-2-33-23-12-8(13(26)19(23)32)4-3-5-9(12)22(11(7-25)35-21(37)17(30)18(22)31)36-20-16(29)15(28)14(27)10(6-24)34-20/h3-5,10-11,14-18,20-21,24-25,27-31,37H,2,6-7H2,1H3/t10-,11-,14-,15+,16-,17-,18-,20-,21+,22-/m1/s1. The van der Waals surface area contributed by atoms with E-state index in [1.807, 2.05) is 0 Å². The molecule has 0 aliphatic carbocycles. The molecule has 1 aromatic rings. The molecule has 0 spiro atoms. The lowest BCUT2D eigenvalue weighted by atomic mass is 9.77. The number of ketones is 1. The fourth-order valence-electron chi connectivity index (χ4n) is 4.85. The minimum Gasteiger partial charge on any atom is -0.394 e. The topological polar surface area (TPSA) is 216 Å². The van der Waals surface area contributed by atoms with Gasteiger partial charge in [0, 0.05) is 5.56 Å². The number of fused-ring (bicyclic) bond motifs is 1. The van der Waals surface area contributed by atoms with Crippen molar-refractivity contribution in [2.24, 2.45) is 0 Å². The summed E-state index contributed by atoms with van der Waals surface area (Å²) < 4.78 is 17.1. The molecule has 1 aromatic carbocycles. The number of amides is 1. The van der Waals surface area contributed by atoms with Crippen LogP contribution in [-0.4, -0.2) is 122 Å². The summed E-state index contributed by atoms with van der Waals surface area (Å²) in [7, 11) is 0. The molecule has 206 valence electrons. The van der Waals surface area contributed by atoms with E-state index in [0.29, 0.717) is 5.06 Å². The molecule has 14 nitrogen and oxygen atoms in total. The van der Waals surface area contributed by atoms with Crippen molar-refractivity contribution < 1.29 is 64.4 Å². The van der Waals surface area contributed by atoms with Crippen LogP contribution in [0.4, 0.5) is 5.69 Å².